The van der Waals surface area contributed by atoms with E-state index < -0.39 is 0 Å². The molecule has 0 bridgehead atoms. The van der Waals surface area contributed by atoms with Crippen LogP contribution in [-0.4, -0.2) is 10.8 Å². The Kier molecular flexibility index (Phi) is 1.96. The molecular weight excluding hydrogens is 164 g/mol. The Morgan fingerprint density at radius 1 is 1.64 bits per heavy atom. The minimum absolute atomic E-state index is 0.178. The van der Waals surface area contributed by atoms with Crippen molar-refractivity contribution in [1.29, 1.82) is 5.41 Å². The highest BCUT2D eigenvalue weighted by molar-refractivity contribution is 6.35. The highest BCUT2D eigenvalue weighted by atomic mass is 35.5. The molecule has 0 radical (unpaired) electrons. The second-order valence-corrected chi connectivity index (χ2v) is 2.35. The fourth-order valence-electron chi connectivity index (χ4n) is 0.646. The molecule has 0 unspecified atom stereocenters. The molecular formula is C6H7ClN4. The van der Waals surface area contributed by atoms with Gasteiger partial charge in [-0.3, -0.25) is 10.4 Å². The number of nitrogens with zero attached hydrogens (tertiary/aromatic N) is 1. The molecule has 58 valence electrons. The molecule has 1 rings (SSSR count). The van der Waals surface area contributed by atoms with Crippen molar-refractivity contribution in [2.75, 3.05) is 5.73 Å². The van der Waals surface area contributed by atoms with Gasteiger partial charge in [-0.05, 0) is 6.07 Å². The van der Waals surface area contributed by atoms with Gasteiger partial charge in [0.05, 0.1) is 10.7 Å². The molecule has 1 heterocycles. The number of halogens is 1. The quantitative estimate of drug-likeness (QED) is 0.426. The molecule has 0 atom stereocenters. The summed E-state index contributed by atoms with van der Waals surface area (Å²) in [6.07, 6.45) is 1.46. The Balaban J connectivity index is 3.27. The Morgan fingerprint density at radius 2 is 2.27 bits per heavy atom. The molecule has 1 aromatic rings. The average Bonchev–Trinajstić information content (AvgIpc) is 1.94. The largest absolute Gasteiger partial charge is 0.397 e. The third kappa shape index (κ3) is 1.40. The van der Waals surface area contributed by atoms with E-state index in [4.69, 9.17) is 28.5 Å². The first kappa shape index (κ1) is 7.81. The lowest BCUT2D eigenvalue weighted by Gasteiger charge is -2.01. The number of nitrogens with one attached hydrogen (secondary N) is 1. The lowest BCUT2D eigenvalue weighted by Crippen LogP contribution is -2.14. The first-order valence-corrected chi connectivity index (χ1v) is 3.25. The molecule has 0 aliphatic rings. The molecule has 5 N–H and O–H groups in total. The third-order valence-electron chi connectivity index (χ3n) is 1.17. The summed E-state index contributed by atoms with van der Waals surface area (Å²) in [6, 6.07) is 1.55. The highest BCUT2D eigenvalue weighted by Gasteiger charge is 2.06. The number of hydrogen-bond donors (Lipinski definition) is 3. The van der Waals surface area contributed by atoms with Gasteiger partial charge in [-0.25, -0.2) is 0 Å². The van der Waals surface area contributed by atoms with Crippen molar-refractivity contribution in [3.05, 3.63) is 23.0 Å². The predicted molar refractivity (Wildman–Crippen MR) is 44.7 cm³/mol. The van der Waals surface area contributed by atoms with Gasteiger partial charge in [0.1, 0.15) is 11.5 Å². The zero-order chi connectivity index (χ0) is 8.43. The van der Waals surface area contributed by atoms with E-state index >= 15 is 0 Å². The van der Waals surface area contributed by atoms with Crippen LogP contribution in [0.25, 0.3) is 0 Å². The summed E-state index contributed by atoms with van der Waals surface area (Å²) in [5.74, 6) is -0.178. The molecule has 0 aromatic carbocycles. The number of nitrogen functional groups attached to an aromatic ring is 2. The van der Waals surface area contributed by atoms with Crippen molar-refractivity contribution < 1.29 is 0 Å². The first-order chi connectivity index (χ1) is 5.13. The molecule has 0 aliphatic heterocycles. The van der Waals surface area contributed by atoms with Crippen LogP contribution in [0, 0.1) is 5.41 Å². The summed E-state index contributed by atoms with van der Waals surface area (Å²) in [4.78, 5) is 3.78. The van der Waals surface area contributed by atoms with Gasteiger partial charge in [0.25, 0.3) is 0 Å². The van der Waals surface area contributed by atoms with Crippen LogP contribution in [-0.2, 0) is 0 Å². The van der Waals surface area contributed by atoms with Crippen molar-refractivity contribution in [2.24, 2.45) is 5.73 Å². The molecule has 5 heteroatoms. The van der Waals surface area contributed by atoms with Gasteiger partial charge in [0, 0.05) is 6.20 Å². The minimum atomic E-state index is -0.178. The van der Waals surface area contributed by atoms with Crippen molar-refractivity contribution in [2.45, 2.75) is 0 Å². The average molecular weight is 171 g/mol. The number of nitrogens with two attached hydrogens (primary N) is 2. The van der Waals surface area contributed by atoms with Crippen LogP contribution >= 0.6 is 11.6 Å². The molecule has 0 spiro atoms. The highest BCUT2D eigenvalue weighted by Crippen LogP contribution is 2.19. The zero-order valence-electron chi connectivity index (χ0n) is 5.63. The van der Waals surface area contributed by atoms with Crippen LogP contribution in [0.15, 0.2) is 12.3 Å². The Hall–Kier alpha value is -1.29. The molecule has 0 saturated heterocycles. The maximum absolute atomic E-state index is 7.05. The van der Waals surface area contributed by atoms with Crippen LogP contribution in [0.2, 0.25) is 5.02 Å². The van der Waals surface area contributed by atoms with E-state index in [2.05, 4.69) is 4.98 Å². The Bertz CT molecular complexity index is 297. The van der Waals surface area contributed by atoms with Gasteiger partial charge in [-0.15, -0.1) is 0 Å². The molecule has 1 aromatic heterocycles. The van der Waals surface area contributed by atoms with E-state index in [0.717, 1.165) is 0 Å². The Morgan fingerprint density at radius 3 is 2.73 bits per heavy atom. The fraction of sp³-hybridized carbons (Fsp3) is 0. The molecule has 4 nitrogen and oxygen atoms in total. The lowest BCUT2D eigenvalue weighted by atomic mass is 10.3. The van der Waals surface area contributed by atoms with E-state index in [-0.39, 0.29) is 16.6 Å². The smallest absolute Gasteiger partial charge is 0.143 e. The number of rotatable bonds is 1. The fourth-order valence-corrected chi connectivity index (χ4v) is 0.860. The monoisotopic (exact) mass is 170 g/mol. The maximum Gasteiger partial charge on any atom is 0.143 e. The van der Waals surface area contributed by atoms with Crippen molar-refractivity contribution in [1.82, 2.24) is 4.98 Å². The molecule has 11 heavy (non-hydrogen) atoms. The third-order valence-corrected chi connectivity index (χ3v) is 1.57. The number of pyridine rings is 1. The van der Waals surface area contributed by atoms with Crippen molar-refractivity contribution >= 4 is 23.1 Å². The topological polar surface area (TPSA) is 88.8 Å². The maximum atomic E-state index is 7.05. The summed E-state index contributed by atoms with van der Waals surface area (Å²) in [5, 5.41) is 7.28. The summed E-state index contributed by atoms with van der Waals surface area (Å²) in [6.45, 7) is 0. The first-order valence-electron chi connectivity index (χ1n) is 2.87. The second-order valence-electron chi connectivity index (χ2n) is 1.98. The summed E-state index contributed by atoms with van der Waals surface area (Å²) in [7, 11) is 0. The normalized spacial score (nSPS) is 9.55. The van der Waals surface area contributed by atoms with E-state index in [1.165, 1.54) is 6.20 Å². The van der Waals surface area contributed by atoms with Crippen LogP contribution in [0.3, 0.4) is 0 Å². The van der Waals surface area contributed by atoms with Gasteiger partial charge in [-0.2, -0.15) is 0 Å². The second kappa shape index (κ2) is 2.75. The van der Waals surface area contributed by atoms with E-state index in [9.17, 15) is 0 Å². The van der Waals surface area contributed by atoms with Crippen LogP contribution in [0.5, 0.6) is 0 Å². The van der Waals surface area contributed by atoms with Gasteiger partial charge in [-0.1, -0.05) is 11.6 Å². The lowest BCUT2D eigenvalue weighted by molar-refractivity contribution is 1.26. The van der Waals surface area contributed by atoms with Crippen LogP contribution in [0.4, 0.5) is 5.69 Å². The van der Waals surface area contributed by atoms with Crippen LogP contribution in [0.1, 0.15) is 5.69 Å². The van der Waals surface area contributed by atoms with Gasteiger partial charge >= 0.3 is 0 Å². The minimum Gasteiger partial charge on any atom is -0.397 e. The van der Waals surface area contributed by atoms with E-state index in [1.807, 2.05) is 0 Å². The summed E-state index contributed by atoms with van der Waals surface area (Å²) < 4.78 is 0. The van der Waals surface area contributed by atoms with Crippen molar-refractivity contribution in [3.8, 4) is 0 Å². The number of hydrogen-bond acceptors (Lipinski definition) is 3. The summed E-state index contributed by atoms with van der Waals surface area (Å²) in [5.41, 5.74) is 11.2. The van der Waals surface area contributed by atoms with E-state index in [1.54, 1.807) is 6.07 Å². The standard InChI is InChI=1S/C6H7ClN4/c7-4-3(8)1-2-11-5(4)6(9)10/h1-2H,(H2,8,11)(H3,9,10). The SMILES string of the molecule is N=C(N)c1nccc(N)c1Cl. The van der Waals surface area contributed by atoms with Gasteiger partial charge < -0.3 is 11.5 Å². The Labute approximate surface area is 68.7 Å². The molecule has 0 fully saturated rings. The molecule has 0 aliphatic carbocycles. The molecule has 0 saturated carbocycles. The zero-order valence-corrected chi connectivity index (χ0v) is 6.39. The van der Waals surface area contributed by atoms with Gasteiger partial charge in [0.15, 0.2) is 0 Å². The number of aromatic nitrogens is 1. The summed E-state index contributed by atoms with van der Waals surface area (Å²) >= 11 is 5.68. The van der Waals surface area contributed by atoms with Crippen molar-refractivity contribution in [3.63, 3.8) is 0 Å². The van der Waals surface area contributed by atoms with Crippen LogP contribution < -0.4 is 11.5 Å². The van der Waals surface area contributed by atoms with Gasteiger partial charge in [0.2, 0.25) is 0 Å². The number of anilines is 1. The number of amidine groups is 1. The molecule has 0 amide bonds. The van der Waals surface area contributed by atoms with E-state index in [0.29, 0.717) is 5.69 Å². The predicted octanol–water partition coefficient (Wildman–Crippen LogP) is 0.601.